The number of aryl methyl sites for hydroxylation is 1. The lowest BCUT2D eigenvalue weighted by Gasteiger charge is -2.22. The molecule has 5 heteroatoms. The normalized spacial score (nSPS) is 13.8. The molecule has 0 spiro atoms. The average Bonchev–Trinajstić information content (AvgIpc) is 2.59. The smallest absolute Gasteiger partial charge is 0.245 e. The van der Waals surface area contributed by atoms with Crippen molar-refractivity contribution in [1.29, 1.82) is 0 Å². The lowest BCUT2D eigenvalue weighted by molar-refractivity contribution is -0.111. The van der Waals surface area contributed by atoms with Crippen LogP contribution in [0.1, 0.15) is 27.0 Å². The Morgan fingerprint density at radius 2 is 1.54 bits per heavy atom. The van der Waals surface area contributed by atoms with Gasteiger partial charge in [-0.2, -0.15) is 0 Å². The summed E-state index contributed by atoms with van der Waals surface area (Å²) in [6.45, 7) is 1.88. The molecule has 24 heavy (non-hydrogen) atoms. The molecule has 1 aliphatic carbocycles. The molecule has 0 N–H and O–H groups in total. The van der Waals surface area contributed by atoms with Crippen LogP contribution >= 0.6 is 11.6 Å². The topological polar surface area (TPSA) is 52.6 Å². The van der Waals surface area contributed by atoms with Gasteiger partial charge in [0.25, 0.3) is 0 Å². The summed E-state index contributed by atoms with van der Waals surface area (Å²) in [4.78, 5) is 24.5. The molecule has 0 unspecified atom stereocenters. The van der Waals surface area contributed by atoms with Crippen molar-refractivity contribution in [3.8, 4) is 11.5 Å². The Labute approximate surface area is 144 Å². The molecule has 0 aromatic heterocycles. The van der Waals surface area contributed by atoms with Gasteiger partial charge in [0.1, 0.15) is 16.5 Å². The number of hydrogen-bond acceptors (Lipinski definition) is 4. The van der Waals surface area contributed by atoms with Crippen molar-refractivity contribution < 1.29 is 19.1 Å². The first-order valence-electron chi connectivity index (χ1n) is 7.30. The van der Waals surface area contributed by atoms with E-state index in [1.807, 2.05) is 13.0 Å². The number of allylic oxidation sites excluding steroid dienone is 1. The predicted octanol–water partition coefficient (Wildman–Crippen LogP) is 3.78. The number of hydrogen-bond donors (Lipinski definition) is 0. The number of carbonyl (C=O) groups is 2. The van der Waals surface area contributed by atoms with Crippen molar-refractivity contribution in [2.45, 2.75) is 6.92 Å². The van der Waals surface area contributed by atoms with E-state index in [9.17, 15) is 9.59 Å². The summed E-state index contributed by atoms with van der Waals surface area (Å²) in [5, 5.41) is -0.107. The lowest BCUT2D eigenvalue weighted by Crippen LogP contribution is -2.22. The van der Waals surface area contributed by atoms with Gasteiger partial charge in [-0.1, -0.05) is 35.9 Å². The van der Waals surface area contributed by atoms with Crippen molar-refractivity contribution in [2.75, 3.05) is 14.2 Å². The van der Waals surface area contributed by atoms with Crippen LogP contribution in [-0.4, -0.2) is 25.8 Å². The van der Waals surface area contributed by atoms with Gasteiger partial charge < -0.3 is 9.47 Å². The van der Waals surface area contributed by atoms with Crippen molar-refractivity contribution in [3.05, 3.63) is 63.7 Å². The maximum atomic E-state index is 12.3. The van der Waals surface area contributed by atoms with Gasteiger partial charge in [0, 0.05) is 16.7 Å². The minimum absolute atomic E-state index is 0.107. The fourth-order valence-corrected chi connectivity index (χ4v) is 3.22. The minimum atomic E-state index is -0.715. The van der Waals surface area contributed by atoms with Crippen LogP contribution in [0.3, 0.4) is 0 Å². The predicted molar refractivity (Wildman–Crippen MR) is 91.9 cm³/mol. The van der Waals surface area contributed by atoms with Crippen LogP contribution in [0, 0.1) is 6.92 Å². The molecule has 1 aliphatic rings. The zero-order valence-corrected chi connectivity index (χ0v) is 14.2. The first-order valence-corrected chi connectivity index (χ1v) is 7.68. The van der Waals surface area contributed by atoms with Gasteiger partial charge in [-0.05, 0) is 30.2 Å². The highest BCUT2D eigenvalue weighted by molar-refractivity contribution is 6.64. The molecule has 0 atom stereocenters. The van der Waals surface area contributed by atoms with Crippen LogP contribution in [0.15, 0.2) is 41.4 Å². The molecule has 2 aromatic rings. The Bertz CT molecular complexity index is 896. The summed E-state index contributed by atoms with van der Waals surface area (Å²) in [6, 6.07) is 10.5. The van der Waals surface area contributed by atoms with E-state index >= 15 is 0 Å². The molecule has 0 heterocycles. The van der Waals surface area contributed by atoms with Gasteiger partial charge in [-0.25, -0.2) is 0 Å². The number of halogens is 1. The number of carbonyl (C=O) groups excluding carboxylic acids is 2. The van der Waals surface area contributed by atoms with Crippen LogP contribution in [-0.2, 0) is 4.79 Å². The highest BCUT2D eigenvalue weighted by Gasteiger charge is 2.33. The summed E-state index contributed by atoms with van der Waals surface area (Å²) < 4.78 is 10.8. The van der Waals surface area contributed by atoms with E-state index < -0.39 is 11.6 Å². The second kappa shape index (κ2) is 6.13. The number of Topliss-reactive ketones (excluding diaryl/α,β-unsaturated/α-hetero) is 2. The Morgan fingerprint density at radius 3 is 2.17 bits per heavy atom. The summed E-state index contributed by atoms with van der Waals surface area (Å²) in [5.74, 6) is -0.117. The van der Waals surface area contributed by atoms with Crippen molar-refractivity contribution >= 4 is 28.7 Å². The summed E-state index contributed by atoms with van der Waals surface area (Å²) in [6.07, 6.45) is 0. The SMILES string of the molecule is COc1cc(C)c(OC)c(C2=C(Cl)C(=O)C(=O)c3ccccc32)c1. The monoisotopic (exact) mass is 342 g/mol. The first-order chi connectivity index (χ1) is 11.5. The molecule has 0 bridgehead atoms. The largest absolute Gasteiger partial charge is 0.497 e. The zero-order valence-electron chi connectivity index (χ0n) is 13.5. The minimum Gasteiger partial charge on any atom is -0.497 e. The standard InChI is InChI=1S/C19H15ClO4/c1-10-8-11(23-2)9-14(19(10)24-3)15-12-6-4-5-7-13(12)17(21)18(22)16(15)20/h4-9H,1-3H3. The van der Waals surface area contributed by atoms with E-state index in [4.69, 9.17) is 21.1 Å². The number of ketones is 2. The van der Waals surface area contributed by atoms with Gasteiger partial charge >= 0.3 is 0 Å². The number of fused-ring (bicyclic) bond motifs is 1. The molecule has 122 valence electrons. The quantitative estimate of drug-likeness (QED) is 0.797. The maximum absolute atomic E-state index is 12.3. The second-order valence-electron chi connectivity index (χ2n) is 5.42. The Balaban J connectivity index is 2.38. The van der Waals surface area contributed by atoms with E-state index in [1.54, 1.807) is 44.6 Å². The number of benzene rings is 2. The second-order valence-corrected chi connectivity index (χ2v) is 5.80. The number of methoxy groups -OCH3 is 2. The molecular weight excluding hydrogens is 328 g/mol. The molecular formula is C19H15ClO4. The van der Waals surface area contributed by atoms with Crippen molar-refractivity contribution in [2.24, 2.45) is 0 Å². The summed E-state index contributed by atoms with van der Waals surface area (Å²) in [7, 11) is 3.11. The highest BCUT2D eigenvalue weighted by Crippen LogP contribution is 2.42. The van der Waals surface area contributed by atoms with Crippen LogP contribution in [0.5, 0.6) is 11.5 Å². The van der Waals surface area contributed by atoms with E-state index in [-0.39, 0.29) is 5.03 Å². The third-order valence-electron chi connectivity index (χ3n) is 4.02. The van der Waals surface area contributed by atoms with E-state index in [0.29, 0.717) is 33.8 Å². The van der Waals surface area contributed by atoms with Gasteiger partial charge in [0.05, 0.1) is 14.2 Å². The van der Waals surface area contributed by atoms with Crippen molar-refractivity contribution in [1.82, 2.24) is 0 Å². The highest BCUT2D eigenvalue weighted by atomic mass is 35.5. The molecule has 0 saturated carbocycles. The fraction of sp³-hybridized carbons (Fsp3) is 0.158. The van der Waals surface area contributed by atoms with Gasteiger partial charge in [-0.15, -0.1) is 0 Å². The third-order valence-corrected chi connectivity index (χ3v) is 4.38. The fourth-order valence-electron chi connectivity index (χ4n) is 2.93. The lowest BCUT2D eigenvalue weighted by atomic mass is 9.84. The third kappa shape index (κ3) is 2.39. The molecule has 3 rings (SSSR count). The van der Waals surface area contributed by atoms with E-state index in [0.717, 1.165) is 5.56 Å². The summed E-state index contributed by atoms with van der Waals surface area (Å²) >= 11 is 6.28. The molecule has 0 saturated heterocycles. The van der Waals surface area contributed by atoms with Gasteiger partial charge in [0.15, 0.2) is 0 Å². The Morgan fingerprint density at radius 1 is 0.875 bits per heavy atom. The zero-order chi connectivity index (χ0) is 17.4. The van der Waals surface area contributed by atoms with Gasteiger partial charge in [-0.3, -0.25) is 9.59 Å². The van der Waals surface area contributed by atoms with Crippen LogP contribution in [0.2, 0.25) is 0 Å². The number of rotatable bonds is 3. The molecule has 0 amide bonds. The number of ether oxygens (including phenoxy) is 2. The van der Waals surface area contributed by atoms with Crippen LogP contribution in [0.25, 0.3) is 5.57 Å². The molecule has 0 radical (unpaired) electrons. The molecule has 4 nitrogen and oxygen atoms in total. The molecule has 0 fully saturated rings. The molecule has 2 aromatic carbocycles. The Hall–Kier alpha value is -2.59. The first kappa shape index (κ1) is 16.3. The maximum Gasteiger partial charge on any atom is 0.245 e. The van der Waals surface area contributed by atoms with E-state index in [1.165, 1.54) is 0 Å². The average molecular weight is 343 g/mol. The van der Waals surface area contributed by atoms with Crippen LogP contribution in [0.4, 0.5) is 0 Å². The molecule has 0 aliphatic heterocycles. The summed E-state index contributed by atoms with van der Waals surface area (Å²) in [5.41, 5.74) is 2.89. The van der Waals surface area contributed by atoms with Crippen LogP contribution < -0.4 is 9.47 Å². The van der Waals surface area contributed by atoms with E-state index in [2.05, 4.69) is 0 Å². The van der Waals surface area contributed by atoms with Crippen molar-refractivity contribution in [3.63, 3.8) is 0 Å². The Kier molecular flexibility index (Phi) is 4.16. The van der Waals surface area contributed by atoms with Gasteiger partial charge in [0.2, 0.25) is 11.6 Å².